The Morgan fingerprint density at radius 1 is 1.39 bits per heavy atom. The number of esters is 3. The zero-order valence-corrected chi connectivity index (χ0v) is 10.9. The Balaban J connectivity index is 2.26. The Bertz CT molecular complexity index is 341. The van der Waals surface area contributed by atoms with Crippen LogP contribution in [0.1, 0.15) is 40.0 Å². The summed E-state index contributed by atoms with van der Waals surface area (Å²) < 4.78 is 14.5. The van der Waals surface area contributed by atoms with E-state index in [1.54, 1.807) is 20.8 Å². The largest absolute Gasteiger partial charge is 0.460 e. The molecular weight excluding hydrogens is 240 g/mol. The first-order valence-electron chi connectivity index (χ1n) is 5.86. The van der Waals surface area contributed by atoms with Crippen LogP contribution in [0.15, 0.2) is 0 Å². The smallest absolute Gasteiger partial charge is 0.348 e. The zero-order chi connectivity index (χ0) is 13.8. The van der Waals surface area contributed by atoms with Crippen molar-refractivity contribution in [3.63, 3.8) is 0 Å². The molecule has 1 saturated heterocycles. The Kier molecular flexibility index (Phi) is 4.69. The molecule has 0 aromatic carbocycles. The fourth-order valence-electron chi connectivity index (χ4n) is 1.46. The molecule has 1 aliphatic heterocycles. The summed E-state index contributed by atoms with van der Waals surface area (Å²) in [7, 11) is 0. The summed E-state index contributed by atoms with van der Waals surface area (Å²) in [5, 5.41) is 0. The predicted octanol–water partition coefficient (Wildman–Crippen LogP) is 0.967. The molecular formula is C12H18O6. The summed E-state index contributed by atoms with van der Waals surface area (Å²) in [5.74, 6) is -1.45. The van der Waals surface area contributed by atoms with Crippen LogP contribution in [0.5, 0.6) is 0 Å². The van der Waals surface area contributed by atoms with Crippen molar-refractivity contribution in [2.75, 3.05) is 6.61 Å². The van der Waals surface area contributed by atoms with Gasteiger partial charge in [0.25, 0.3) is 0 Å². The fourth-order valence-corrected chi connectivity index (χ4v) is 1.46. The molecule has 0 aromatic rings. The third-order valence-corrected chi connectivity index (χ3v) is 2.14. The van der Waals surface area contributed by atoms with Crippen LogP contribution in [-0.4, -0.2) is 36.2 Å². The van der Waals surface area contributed by atoms with Crippen molar-refractivity contribution in [3.05, 3.63) is 0 Å². The Labute approximate surface area is 106 Å². The minimum Gasteiger partial charge on any atom is -0.460 e. The summed E-state index contributed by atoms with van der Waals surface area (Å²) in [6.07, 6.45) is -0.0432. The number of carbonyl (C=O) groups excluding carboxylic acids is 3. The van der Waals surface area contributed by atoms with Crippen molar-refractivity contribution in [2.45, 2.75) is 51.7 Å². The van der Waals surface area contributed by atoms with E-state index in [1.807, 2.05) is 0 Å². The molecule has 0 radical (unpaired) electrons. The minimum absolute atomic E-state index is 0.179. The maximum absolute atomic E-state index is 11.4. The van der Waals surface area contributed by atoms with E-state index >= 15 is 0 Å². The maximum atomic E-state index is 11.4. The van der Waals surface area contributed by atoms with Gasteiger partial charge in [-0.1, -0.05) is 0 Å². The molecule has 0 aliphatic carbocycles. The van der Waals surface area contributed by atoms with Gasteiger partial charge < -0.3 is 14.2 Å². The molecule has 0 N–H and O–H groups in total. The molecule has 1 rings (SSSR count). The summed E-state index contributed by atoms with van der Waals surface area (Å²) >= 11 is 0. The standard InChI is InChI=1S/C12H18O6/c1-12(2,3)18-9(13)6-4-5-8-11(15)16-7-10(14)17-8/h8H,4-7H2,1-3H3/t8-/m0/s1. The minimum atomic E-state index is -0.895. The molecule has 0 spiro atoms. The van der Waals surface area contributed by atoms with Gasteiger partial charge in [-0.25, -0.2) is 9.59 Å². The lowest BCUT2D eigenvalue weighted by Gasteiger charge is -2.22. The van der Waals surface area contributed by atoms with Crippen LogP contribution in [0, 0.1) is 0 Å². The molecule has 1 atom stereocenters. The normalized spacial score (nSPS) is 20.1. The first-order chi connectivity index (χ1) is 8.28. The van der Waals surface area contributed by atoms with Gasteiger partial charge >= 0.3 is 17.9 Å². The van der Waals surface area contributed by atoms with Crippen molar-refractivity contribution in [1.82, 2.24) is 0 Å². The lowest BCUT2D eigenvalue weighted by atomic mass is 10.1. The van der Waals surface area contributed by atoms with Crippen LogP contribution >= 0.6 is 0 Å². The average Bonchev–Trinajstić information content (AvgIpc) is 2.20. The SMILES string of the molecule is CC(C)(C)OC(=O)CCC[C@@H]1OC(=O)COC1=O. The van der Waals surface area contributed by atoms with Crippen molar-refractivity contribution in [2.24, 2.45) is 0 Å². The predicted molar refractivity (Wildman–Crippen MR) is 60.5 cm³/mol. The summed E-state index contributed by atoms with van der Waals surface area (Å²) in [6.45, 7) is 5.02. The molecule has 18 heavy (non-hydrogen) atoms. The average molecular weight is 258 g/mol. The second-order valence-corrected chi connectivity index (χ2v) is 5.06. The van der Waals surface area contributed by atoms with Gasteiger partial charge in [-0.2, -0.15) is 0 Å². The van der Waals surface area contributed by atoms with Crippen LogP contribution in [0.4, 0.5) is 0 Å². The first kappa shape index (κ1) is 14.5. The quantitative estimate of drug-likeness (QED) is 0.552. The van der Waals surface area contributed by atoms with Gasteiger partial charge in [-0.3, -0.25) is 4.79 Å². The lowest BCUT2D eigenvalue weighted by molar-refractivity contribution is -0.185. The van der Waals surface area contributed by atoms with E-state index in [2.05, 4.69) is 4.74 Å². The number of hydrogen-bond donors (Lipinski definition) is 0. The van der Waals surface area contributed by atoms with Gasteiger partial charge in [0.1, 0.15) is 5.60 Å². The fraction of sp³-hybridized carbons (Fsp3) is 0.750. The maximum Gasteiger partial charge on any atom is 0.348 e. The molecule has 1 heterocycles. The molecule has 1 fully saturated rings. The third-order valence-electron chi connectivity index (χ3n) is 2.14. The monoisotopic (exact) mass is 258 g/mol. The summed E-state index contributed by atoms with van der Waals surface area (Å²) in [5.41, 5.74) is -0.521. The van der Waals surface area contributed by atoms with Gasteiger partial charge in [0.05, 0.1) is 0 Å². The van der Waals surface area contributed by atoms with Gasteiger partial charge in [-0.15, -0.1) is 0 Å². The molecule has 0 bridgehead atoms. The Morgan fingerprint density at radius 2 is 2.06 bits per heavy atom. The third kappa shape index (κ3) is 5.16. The number of carbonyl (C=O) groups is 3. The van der Waals surface area contributed by atoms with Gasteiger partial charge in [-0.05, 0) is 33.6 Å². The molecule has 0 saturated carbocycles. The highest BCUT2D eigenvalue weighted by Crippen LogP contribution is 2.14. The summed E-state index contributed by atoms with van der Waals surface area (Å²) in [4.78, 5) is 33.5. The van der Waals surface area contributed by atoms with Gasteiger partial charge in [0, 0.05) is 6.42 Å². The lowest BCUT2D eigenvalue weighted by Crippen LogP contribution is -2.37. The second-order valence-electron chi connectivity index (χ2n) is 5.06. The molecule has 102 valence electrons. The highest BCUT2D eigenvalue weighted by Gasteiger charge is 2.30. The number of cyclic esters (lactones) is 2. The van der Waals surface area contributed by atoms with Crippen LogP contribution in [0.3, 0.4) is 0 Å². The van der Waals surface area contributed by atoms with E-state index in [0.717, 1.165) is 0 Å². The van der Waals surface area contributed by atoms with Crippen LogP contribution in [0.25, 0.3) is 0 Å². The van der Waals surface area contributed by atoms with Crippen molar-refractivity contribution in [3.8, 4) is 0 Å². The van der Waals surface area contributed by atoms with E-state index < -0.39 is 23.6 Å². The highest BCUT2D eigenvalue weighted by atomic mass is 16.6. The number of rotatable bonds is 4. The first-order valence-corrected chi connectivity index (χ1v) is 5.86. The van der Waals surface area contributed by atoms with E-state index in [9.17, 15) is 14.4 Å². The van der Waals surface area contributed by atoms with Crippen molar-refractivity contribution in [1.29, 1.82) is 0 Å². The van der Waals surface area contributed by atoms with Crippen LogP contribution in [-0.2, 0) is 28.6 Å². The van der Waals surface area contributed by atoms with Crippen LogP contribution < -0.4 is 0 Å². The van der Waals surface area contributed by atoms with E-state index in [4.69, 9.17) is 9.47 Å². The summed E-state index contributed by atoms with van der Waals surface area (Å²) in [6, 6.07) is 0. The second kappa shape index (κ2) is 5.84. The molecule has 0 amide bonds. The Morgan fingerprint density at radius 3 is 2.67 bits per heavy atom. The topological polar surface area (TPSA) is 78.9 Å². The van der Waals surface area contributed by atoms with Crippen molar-refractivity contribution < 1.29 is 28.6 Å². The molecule has 6 nitrogen and oxygen atoms in total. The van der Waals surface area contributed by atoms with Crippen molar-refractivity contribution >= 4 is 17.9 Å². The Hall–Kier alpha value is -1.59. The molecule has 0 aromatic heterocycles. The highest BCUT2D eigenvalue weighted by molar-refractivity contribution is 5.85. The molecule has 1 aliphatic rings. The van der Waals surface area contributed by atoms with E-state index in [0.29, 0.717) is 6.42 Å². The van der Waals surface area contributed by atoms with E-state index in [1.165, 1.54) is 0 Å². The van der Waals surface area contributed by atoms with Gasteiger partial charge in [0.15, 0.2) is 12.7 Å². The number of ether oxygens (including phenoxy) is 3. The molecule has 6 heteroatoms. The van der Waals surface area contributed by atoms with Gasteiger partial charge in [0.2, 0.25) is 0 Å². The van der Waals surface area contributed by atoms with Crippen LogP contribution in [0.2, 0.25) is 0 Å². The number of hydrogen-bond acceptors (Lipinski definition) is 6. The van der Waals surface area contributed by atoms with E-state index in [-0.39, 0.29) is 25.4 Å². The molecule has 0 unspecified atom stereocenters. The zero-order valence-electron chi connectivity index (χ0n) is 10.9.